The van der Waals surface area contributed by atoms with Crippen LogP contribution in [0.4, 0.5) is 26.3 Å². The average molecular weight is 314 g/mol. The highest BCUT2D eigenvalue weighted by molar-refractivity contribution is 5.94. The minimum Gasteiger partial charge on any atom is -0.359 e. The summed E-state index contributed by atoms with van der Waals surface area (Å²) < 4.78 is 88.3. The van der Waals surface area contributed by atoms with E-state index >= 15 is 0 Å². The van der Waals surface area contributed by atoms with Crippen molar-refractivity contribution in [3.63, 3.8) is 0 Å². The monoisotopic (exact) mass is 314 g/mol. The van der Waals surface area contributed by atoms with Crippen molar-refractivity contribution in [2.24, 2.45) is 0 Å². The molecule has 0 aromatic heterocycles. The zero-order chi connectivity index (χ0) is 16.7. The van der Waals surface area contributed by atoms with Crippen LogP contribution in [0.3, 0.4) is 0 Å². The Hall–Kier alpha value is -1.77. The summed E-state index contributed by atoms with van der Waals surface area (Å²) in [6.07, 6.45) is -10.1. The van der Waals surface area contributed by atoms with Crippen molar-refractivity contribution in [2.45, 2.75) is 12.4 Å². The number of benzene rings is 1. The summed E-state index contributed by atoms with van der Waals surface area (Å²) in [5, 5.41) is 0. The van der Waals surface area contributed by atoms with E-state index in [1.165, 1.54) is 0 Å². The Kier molecular flexibility index (Phi) is 3.52. The molecule has 21 heavy (non-hydrogen) atoms. The summed E-state index contributed by atoms with van der Waals surface area (Å²) in [6, 6.07) is 0.612. The molecule has 9 heteroatoms. The van der Waals surface area contributed by atoms with Crippen LogP contribution in [0.1, 0.15) is 22.9 Å². The predicted octanol–water partition coefficient (Wildman–Crippen LogP) is 3.15. The normalized spacial score (nSPS) is 20.6. The van der Waals surface area contributed by atoms with Gasteiger partial charge in [-0.05, 0) is 18.2 Å². The van der Waals surface area contributed by atoms with Crippen molar-refractivity contribution in [2.75, 3.05) is 19.9 Å². The van der Waals surface area contributed by atoms with Gasteiger partial charge in [0.15, 0.2) is 0 Å². The molecule has 1 aliphatic heterocycles. The van der Waals surface area contributed by atoms with E-state index < -0.39 is 41.7 Å². The van der Waals surface area contributed by atoms with E-state index in [1.807, 2.05) is 0 Å². The van der Waals surface area contributed by atoms with Crippen LogP contribution in [0.5, 0.6) is 0 Å². The number of alkyl halides is 6. The molecule has 116 valence electrons. The smallest absolute Gasteiger partial charge is 0.359 e. The summed E-state index contributed by atoms with van der Waals surface area (Å²) in [5.74, 6) is -1.12. The molecule has 0 radical (unpaired) electrons. The van der Waals surface area contributed by atoms with Gasteiger partial charge >= 0.3 is 12.4 Å². The number of ether oxygens (including phenoxy) is 1. The highest BCUT2D eigenvalue weighted by atomic mass is 19.4. The van der Waals surface area contributed by atoms with Gasteiger partial charge in [0.1, 0.15) is 6.71 Å². The second-order valence-corrected chi connectivity index (χ2v) is 4.27. The molecule has 1 heterocycles. The van der Waals surface area contributed by atoms with E-state index in [9.17, 15) is 31.1 Å². The molecule has 1 saturated heterocycles. The van der Waals surface area contributed by atoms with Crippen molar-refractivity contribution in [3.8, 4) is 0 Å². The van der Waals surface area contributed by atoms with E-state index in [0.717, 1.165) is 4.90 Å². The third-order valence-electron chi connectivity index (χ3n) is 2.75. The fraction of sp³-hybridized carbons (Fsp3) is 0.417. The predicted molar refractivity (Wildman–Crippen MR) is 58.3 cm³/mol. The molecule has 0 aliphatic carbocycles. The first-order valence-electron chi connectivity index (χ1n) is 6.22. The Labute approximate surface area is 116 Å². The number of amides is 1. The Morgan fingerprint density at radius 2 is 1.62 bits per heavy atom. The quantitative estimate of drug-likeness (QED) is 0.745. The highest BCUT2D eigenvalue weighted by Gasteiger charge is 2.38. The summed E-state index contributed by atoms with van der Waals surface area (Å²) in [7, 11) is 0. The van der Waals surface area contributed by atoms with Gasteiger partial charge in [-0.1, -0.05) is 0 Å². The second kappa shape index (κ2) is 5.21. The molecule has 0 N–H and O–H groups in total. The van der Waals surface area contributed by atoms with E-state index in [-0.39, 0.29) is 19.2 Å². The molecule has 1 aromatic rings. The lowest BCUT2D eigenvalue weighted by molar-refractivity contribution is -0.143. The third-order valence-corrected chi connectivity index (χ3v) is 2.75. The number of rotatable bonds is 1. The van der Waals surface area contributed by atoms with Crippen LogP contribution in [0, 0.1) is 0 Å². The minimum atomic E-state index is -5.03. The SMILES string of the molecule is [2H][C@@H]1OCCN1C(=O)c1cc(C(F)(F)F)cc(C(F)(F)F)c1. The molecule has 0 saturated carbocycles. The lowest BCUT2D eigenvalue weighted by Crippen LogP contribution is -2.29. The maximum Gasteiger partial charge on any atom is 0.416 e. The Morgan fingerprint density at radius 3 is 2.00 bits per heavy atom. The molecule has 1 amide bonds. The van der Waals surface area contributed by atoms with Gasteiger partial charge in [0.25, 0.3) is 5.91 Å². The summed E-state index contributed by atoms with van der Waals surface area (Å²) in [4.78, 5) is 12.8. The Balaban J connectivity index is 2.48. The number of hydrogen-bond donors (Lipinski definition) is 0. The van der Waals surface area contributed by atoms with E-state index in [4.69, 9.17) is 6.11 Å². The van der Waals surface area contributed by atoms with Crippen molar-refractivity contribution in [1.82, 2.24) is 4.90 Å². The van der Waals surface area contributed by atoms with Gasteiger partial charge in [-0.2, -0.15) is 26.3 Å². The highest BCUT2D eigenvalue weighted by Crippen LogP contribution is 2.36. The third kappa shape index (κ3) is 3.46. The van der Waals surface area contributed by atoms with Crippen LogP contribution in [0.25, 0.3) is 0 Å². The maximum atomic E-state index is 12.7. The lowest BCUT2D eigenvalue weighted by atomic mass is 10.0. The molecule has 0 spiro atoms. The van der Waals surface area contributed by atoms with Crippen LogP contribution >= 0.6 is 0 Å². The van der Waals surface area contributed by atoms with E-state index in [2.05, 4.69) is 0 Å². The first-order valence-corrected chi connectivity index (χ1v) is 5.64. The second-order valence-electron chi connectivity index (χ2n) is 4.27. The van der Waals surface area contributed by atoms with Crippen molar-refractivity contribution in [1.29, 1.82) is 0 Å². The minimum absolute atomic E-state index is 0.00893. The molecular formula is C12H9F6NO2. The van der Waals surface area contributed by atoms with Crippen LogP contribution in [0.15, 0.2) is 18.2 Å². The fourth-order valence-electron chi connectivity index (χ4n) is 1.74. The number of carbonyl (C=O) groups is 1. The van der Waals surface area contributed by atoms with Crippen molar-refractivity contribution in [3.05, 3.63) is 34.9 Å². The molecule has 1 aliphatic rings. The van der Waals surface area contributed by atoms with Gasteiger partial charge in [-0.3, -0.25) is 4.79 Å². The van der Waals surface area contributed by atoms with Gasteiger partial charge in [0.05, 0.1) is 19.1 Å². The Morgan fingerprint density at radius 1 is 1.10 bits per heavy atom. The molecular weight excluding hydrogens is 304 g/mol. The van der Waals surface area contributed by atoms with Crippen LogP contribution in [-0.2, 0) is 17.1 Å². The van der Waals surface area contributed by atoms with Gasteiger partial charge in [0, 0.05) is 12.1 Å². The van der Waals surface area contributed by atoms with Crippen molar-refractivity contribution < 1.29 is 37.2 Å². The molecule has 1 atom stereocenters. The average Bonchev–Trinajstić information content (AvgIpc) is 2.81. The topological polar surface area (TPSA) is 29.5 Å². The van der Waals surface area contributed by atoms with Gasteiger partial charge in [0.2, 0.25) is 0 Å². The molecule has 0 bridgehead atoms. The largest absolute Gasteiger partial charge is 0.416 e. The van der Waals surface area contributed by atoms with E-state index in [1.54, 1.807) is 0 Å². The zero-order valence-corrected chi connectivity index (χ0v) is 10.3. The summed E-state index contributed by atoms with van der Waals surface area (Å²) in [6.45, 7) is -1.54. The van der Waals surface area contributed by atoms with Crippen molar-refractivity contribution >= 4 is 5.91 Å². The molecule has 0 unspecified atom stereocenters. The maximum absolute atomic E-state index is 12.7. The number of nitrogens with zero attached hydrogens (tertiary/aromatic N) is 1. The number of carbonyl (C=O) groups excluding carboxylic acids is 1. The Bertz CT molecular complexity index is 554. The zero-order valence-electron chi connectivity index (χ0n) is 11.3. The molecule has 2 rings (SSSR count). The standard InChI is InChI=1S/C12H9F6NO2/c13-11(14,15)8-3-7(4-9(5-8)12(16,17)18)10(20)19-1-2-21-6-19/h3-5H,1-2,6H2/i6D/t6-/m0/s1. The van der Waals surface area contributed by atoms with Crippen LogP contribution in [0.2, 0.25) is 0 Å². The molecule has 1 fully saturated rings. The van der Waals surface area contributed by atoms with E-state index in [0.29, 0.717) is 12.1 Å². The first kappa shape index (κ1) is 14.2. The lowest BCUT2D eigenvalue weighted by Gasteiger charge is -2.17. The van der Waals surface area contributed by atoms with Gasteiger partial charge < -0.3 is 9.64 Å². The van der Waals surface area contributed by atoms with Crippen LogP contribution < -0.4 is 0 Å². The fourth-order valence-corrected chi connectivity index (χ4v) is 1.74. The summed E-state index contributed by atoms with van der Waals surface area (Å²) >= 11 is 0. The molecule has 3 nitrogen and oxygen atoms in total. The first-order chi connectivity index (χ1) is 10.00. The molecule has 1 aromatic carbocycles. The number of hydrogen-bond acceptors (Lipinski definition) is 2. The van der Waals surface area contributed by atoms with Crippen LogP contribution in [-0.4, -0.2) is 30.7 Å². The van der Waals surface area contributed by atoms with Gasteiger partial charge in [-0.25, -0.2) is 0 Å². The number of halogens is 6. The van der Waals surface area contributed by atoms with Gasteiger partial charge in [-0.15, -0.1) is 0 Å². The summed E-state index contributed by atoms with van der Waals surface area (Å²) in [5.41, 5.74) is -3.94.